The van der Waals surface area contributed by atoms with Crippen molar-refractivity contribution in [3.63, 3.8) is 0 Å². The number of carbonyl (C=O) groups is 2. The number of aliphatic hydroxyl groups excluding tert-OH is 2. The average molecular weight is 815 g/mol. The molecule has 0 aromatic carbocycles. The summed E-state index contributed by atoms with van der Waals surface area (Å²) in [7, 11) is 0. The maximum absolute atomic E-state index is 13.7. The van der Waals surface area contributed by atoms with Crippen LogP contribution in [0.5, 0.6) is 0 Å². The van der Waals surface area contributed by atoms with Crippen molar-refractivity contribution in [1.82, 2.24) is 0 Å². The number of hydrogen-bond donors (Lipinski definition) is 2. The van der Waals surface area contributed by atoms with Gasteiger partial charge in [0.1, 0.15) is 25.4 Å². The van der Waals surface area contributed by atoms with Crippen LogP contribution in [-0.4, -0.2) is 74.0 Å². The minimum absolute atomic E-state index is 0.0372. The molecule has 0 amide bonds. The number of aliphatic hydroxyl groups is 2. The molecule has 2 N–H and O–H groups in total. The van der Waals surface area contributed by atoms with E-state index in [1.165, 1.54) is 64.2 Å². The molecule has 0 bridgehead atoms. The molecule has 14 unspecified atom stereocenters. The van der Waals surface area contributed by atoms with Gasteiger partial charge in [-0.25, -0.2) is 0 Å². The van der Waals surface area contributed by atoms with Gasteiger partial charge in [0.25, 0.3) is 0 Å². The van der Waals surface area contributed by atoms with Gasteiger partial charge in [0.05, 0.1) is 24.0 Å². The van der Waals surface area contributed by atoms with E-state index < -0.39 is 23.0 Å². The van der Waals surface area contributed by atoms with Crippen molar-refractivity contribution in [3.05, 3.63) is 0 Å². The first kappa shape index (κ1) is 46.3. The second-order valence-electron chi connectivity index (χ2n) is 22.5. The minimum Gasteiger partial charge on any atom is -0.462 e. The third kappa shape index (κ3) is 9.70. The van der Waals surface area contributed by atoms with Gasteiger partial charge in [0.2, 0.25) is 0 Å². The Labute approximate surface area is 353 Å². The molecule has 0 aromatic heterocycles. The van der Waals surface area contributed by atoms with Crippen LogP contribution in [0.3, 0.4) is 0 Å². The van der Waals surface area contributed by atoms with Gasteiger partial charge in [-0.3, -0.25) is 9.59 Å². The number of ether oxygens (including phenoxy) is 4. The molecule has 0 saturated heterocycles. The number of esters is 2. The van der Waals surface area contributed by atoms with Crippen LogP contribution >= 0.6 is 0 Å². The lowest BCUT2D eigenvalue weighted by Gasteiger charge is -2.61. The summed E-state index contributed by atoms with van der Waals surface area (Å²) in [6.45, 7) is 19.9. The van der Waals surface area contributed by atoms with Crippen molar-refractivity contribution in [2.45, 2.75) is 183 Å². The van der Waals surface area contributed by atoms with Gasteiger partial charge in [-0.2, -0.15) is 0 Å². The van der Waals surface area contributed by atoms with E-state index in [1.807, 2.05) is 0 Å². The number of fused-ring (bicyclic) bond motifs is 6. The Morgan fingerprint density at radius 2 is 0.948 bits per heavy atom. The first-order chi connectivity index (χ1) is 27.5. The van der Waals surface area contributed by atoms with E-state index in [0.717, 1.165) is 86.9 Å². The number of rotatable bonds is 17. The van der Waals surface area contributed by atoms with Crippen LogP contribution < -0.4 is 0 Å². The standard InChI is InChI=1S/C50H86O8/c1-33(2)35-13-17-41-37(27-35)15-19-43-47(41,5)21-11-23-49(43,7)45(53)57-31-39(51)29-55-25-9-10-26-56-30-40(52)32-58-46(54)50(8)24-12-22-48(6)42-18-14-36(34(3)4)28-38(42)16-20-44(48)50/h33-44,51-52H,9-32H2,1-8H3. The first-order valence-electron chi connectivity index (χ1n) is 24.4. The fourth-order valence-corrected chi connectivity index (χ4v) is 15.1. The predicted molar refractivity (Wildman–Crippen MR) is 229 cm³/mol. The fraction of sp³-hybridized carbons (Fsp3) is 0.960. The van der Waals surface area contributed by atoms with Crippen LogP contribution in [0.15, 0.2) is 0 Å². The number of hydrogen-bond acceptors (Lipinski definition) is 8. The lowest BCUT2D eigenvalue weighted by molar-refractivity contribution is -0.182. The van der Waals surface area contributed by atoms with Crippen molar-refractivity contribution in [3.8, 4) is 0 Å². The van der Waals surface area contributed by atoms with Gasteiger partial charge in [0, 0.05) is 13.2 Å². The molecule has 0 spiro atoms. The molecule has 6 saturated carbocycles. The molecule has 6 fully saturated rings. The summed E-state index contributed by atoms with van der Waals surface area (Å²) in [5.74, 6) is 6.59. The van der Waals surface area contributed by atoms with E-state index in [1.54, 1.807) is 0 Å². The molecule has 6 rings (SSSR count). The molecular formula is C50H86O8. The zero-order chi connectivity index (χ0) is 41.9. The van der Waals surface area contributed by atoms with Gasteiger partial charge >= 0.3 is 11.9 Å². The summed E-state index contributed by atoms with van der Waals surface area (Å²) >= 11 is 0. The Bertz CT molecular complexity index is 1250. The first-order valence-corrected chi connectivity index (χ1v) is 24.4. The minimum atomic E-state index is -0.858. The third-order valence-corrected chi connectivity index (χ3v) is 18.4. The molecule has 8 nitrogen and oxygen atoms in total. The Balaban J connectivity index is 0.829. The molecule has 14 atom stereocenters. The van der Waals surface area contributed by atoms with Crippen molar-refractivity contribution in [1.29, 1.82) is 0 Å². The third-order valence-electron chi connectivity index (χ3n) is 18.4. The molecule has 6 aliphatic rings. The van der Waals surface area contributed by atoms with Gasteiger partial charge in [-0.05, 0) is 187 Å². The van der Waals surface area contributed by atoms with Crippen LogP contribution in [0.2, 0.25) is 0 Å². The van der Waals surface area contributed by atoms with E-state index >= 15 is 0 Å². The molecule has 8 heteroatoms. The van der Waals surface area contributed by atoms with E-state index in [0.29, 0.717) is 36.9 Å². The number of unbranched alkanes of at least 4 members (excludes halogenated alkanes) is 1. The highest BCUT2D eigenvalue weighted by atomic mass is 16.6. The second kappa shape index (κ2) is 19.4. The molecule has 58 heavy (non-hydrogen) atoms. The highest BCUT2D eigenvalue weighted by Gasteiger charge is 2.61. The van der Waals surface area contributed by atoms with E-state index in [2.05, 4.69) is 55.4 Å². The van der Waals surface area contributed by atoms with Crippen molar-refractivity contribution in [2.24, 2.45) is 80.8 Å². The Kier molecular flexibility index (Phi) is 15.5. The Morgan fingerprint density at radius 1 is 0.552 bits per heavy atom. The summed E-state index contributed by atoms with van der Waals surface area (Å²) < 4.78 is 23.1. The SMILES string of the molecule is CC(C)C1CCC2C(CCC3C(C)(C(=O)OCC(O)COCCCCOCC(O)COC(=O)C4(C)CCCC5(C)C6CCC(C(C)C)CC6CCC45)CCCC23C)C1. The zero-order valence-electron chi connectivity index (χ0n) is 38.2. The topological polar surface area (TPSA) is 112 Å². The van der Waals surface area contributed by atoms with Crippen LogP contribution in [-0.2, 0) is 28.5 Å². The van der Waals surface area contributed by atoms with Gasteiger partial charge < -0.3 is 29.2 Å². The van der Waals surface area contributed by atoms with Gasteiger partial charge in [0.15, 0.2) is 0 Å². The summed E-state index contributed by atoms with van der Waals surface area (Å²) in [6, 6.07) is 0. The molecule has 334 valence electrons. The lowest BCUT2D eigenvalue weighted by Crippen LogP contribution is -2.56. The predicted octanol–water partition coefficient (Wildman–Crippen LogP) is 10.2. The molecule has 0 aromatic rings. The molecular weight excluding hydrogens is 729 g/mol. The van der Waals surface area contributed by atoms with Gasteiger partial charge in [-0.1, -0.05) is 54.4 Å². The zero-order valence-corrected chi connectivity index (χ0v) is 38.2. The van der Waals surface area contributed by atoms with Gasteiger partial charge in [-0.15, -0.1) is 0 Å². The molecule has 0 aliphatic heterocycles. The monoisotopic (exact) mass is 815 g/mol. The second-order valence-corrected chi connectivity index (χ2v) is 22.5. The smallest absolute Gasteiger partial charge is 0.312 e. The van der Waals surface area contributed by atoms with Crippen molar-refractivity contribution < 1.29 is 38.7 Å². The van der Waals surface area contributed by atoms with Crippen LogP contribution in [0, 0.1) is 80.8 Å². The van der Waals surface area contributed by atoms with Crippen molar-refractivity contribution >= 4 is 11.9 Å². The highest BCUT2D eigenvalue weighted by molar-refractivity contribution is 5.77. The Hall–Kier alpha value is -1.22. The summed E-state index contributed by atoms with van der Waals surface area (Å²) in [5.41, 5.74) is -0.613. The normalized spacial score (nSPS) is 41.1. The highest BCUT2D eigenvalue weighted by Crippen LogP contribution is 2.66. The van der Waals surface area contributed by atoms with E-state index in [4.69, 9.17) is 18.9 Å². The molecule has 6 aliphatic carbocycles. The van der Waals surface area contributed by atoms with E-state index in [9.17, 15) is 19.8 Å². The fourth-order valence-electron chi connectivity index (χ4n) is 15.1. The van der Waals surface area contributed by atoms with Crippen molar-refractivity contribution in [2.75, 3.05) is 39.6 Å². The summed E-state index contributed by atoms with van der Waals surface area (Å²) in [6.07, 6.45) is 18.7. The Morgan fingerprint density at radius 3 is 1.33 bits per heavy atom. The molecule has 0 radical (unpaired) electrons. The van der Waals surface area contributed by atoms with E-state index in [-0.39, 0.29) is 49.2 Å². The van der Waals surface area contributed by atoms with Crippen LogP contribution in [0.25, 0.3) is 0 Å². The van der Waals surface area contributed by atoms with Crippen LogP contribution in [0.1, 0.15) is 171 Å². The maximum atomic E-state index is 13.7. The molecule has 0 heterocycles. The number of carbonyl (C=O) groups excluding carboxylic acids is 2. The maximum Gasteiger partial charge on any atom is 0.312 e. The van der Waals surface area contributed by atoms with Crippen LogP contribution in [0.4, 0.5) is 0 Å². The quantitative estimate of drug-likeness (QED) is 0.110. The average Bonchev–Trinajstić information content (AvgIpc) is 3.19. The summed E-state index contributed by atoms with van der Waals surface area (Å²) in [4.78, 5) is 27.4. The largest absolute Gasteiger partial charge is 0.462 e. The lowest BCUT2D eigenvalue weighted by atomic mass is 9.43. The summed E-state index contributed by atoms with van der Waals surface area (Å²) in [5, 5.41) is 21.3.